The number of nitrogens with one attached hydrogen (secondary N) is 1. The standard InChI is InChI=1S/C26H34BrN3O5S/c1-19(26(32)28-22-10-5-4-6-11-22)29(17-20-8-7-9-21(27)16-20)25(31)18-30(36(3,33)34)23-12-14-24(35-2)15-13-23/h7-9,12-16,19,22H,4-6,10-11,17-18H2,1-3H3,(H,28,32)/t19-/m1/s1. The quantitative estimate of drug-likeness (QED) is 0.457. The third kappa shape index (κ3) is 7.70. The fourth-order valence-electron chi connectivity index (χ4n) is 4.35. The molecule has 196 valence electrons. The Balaban J connectivity index is 1.86. The molecule has 1 aliphatic rings. The van der Waals surface area contributed by atoms with E-state index >= 15 is 0 Å². The second kappa shape index (κ2) is 12.6. The van der Waals surface area contributed by atoms with Gasteiger partial charge in [-0.2, -0.15) is 0 Å². The minimum Gasteiger partial charge on any atom is -0.497 e. The molecule has 2 aromatic carbocycles. The van der Waals surface area contributed by atoms with Gasteiger partial charge in [0.25, 0.3) is 0 Å². The zero-order chi connectivity index (χ0) is 26.3. The molecule has 0 aromatic heterocycles. The third-order valence-electron chi connectivity index (χ3n) is 6.40. The number of sulfonamides is 1. The van der Waals surface area contributed by atoms with Crippen molar-refractivity contribution in [3.63, 3.8) is 0 Å². The second-order valence-electron chi connectivity index (χ2n) is 9.14. The first-order chi connectivity index (χ1) is 17.1. The van der Waals surface area contributed by atoms with Crippen molar-refractivity contribution in [1.82, 2.24) is 10.2 Å². The fourth-order valence-corrected chi connectivity index (χ4v) is 5.64. The van der Waals surface area contributed by atoms with Crippen LogP contribution in [-0.4, -0.2) is 57.1 Å². The van der Waals surface area contributed by atoms with Crippen molar-refractivity contribution < 1.29 is 22.7 Å². The number of nitrogens with zero attached hydrogens (tertiary/aromatic N) is 2. The number of amides is 2. The van der Waals surface area contributed by atoms with Crippen molar-refractivity contribution in [2.24, 2.45) is 0 Å². The first-order valence-corrected chi connectivity index (χ1v) is 14.7. The lowest BCUT2D eigenvalue weighted by atomic mass is 9.95. The van der Waals surface area contributed by atoms with Crippen molar-refractivity contribution >= 4 is 43.5 Å². The fraction of sp³-hybridized carbons (Fsp3) is 0.462. The molecule has 0 bridgehead atoms. The molecule has 1 aliphatic carbocycles. The van der Waals surface area contributed by atoms with E-state index in [4.69, 9.17) is 4.74 Å². The largest absolute Gasteiger partial charge is 0.497 e. The molecule has 0 spiro atoms. The van der Waals surface area contributed by atoms with Crippen molar-refractivity contribution in [1.29, 1.82) is 0 Å². The van der Waals surface area contributed by atoms with Crippen LogP contribution in [0.15, 0.2) is 53.0 Å². The Kier molecular flexibility index (Phi) is 9.78. The first-order valence-electron chi connectivity index (χ1n) is 12.0. The summed E-state index contributed by atoms with van der Waals surface area (Å²) in [5.74, 6) is -0.133. The van der Waals surface area contributed by atoms with Gasteiger partial charge in [-0.3, -0.25) is 13.9 Å². The van der Waals surface area contributed by atoms with E-state index in [1.165, 1.54) is 18.4 Å². The molecule has 3 rings (SSSR count). The van der Waals surface area contributed by atoms with E-state index in [-0.39, 0.29) is 18.5 Å². The Labute approximate surface area is 222 Å². The minimum atomic E-state index is -3.78. The van der Waals surface area contributed by atoms with Crippen LogP contribution in [0.25, 0.3) is 0 Å². The molecule has 1 N–H and O–H groups in total. The van der Waals surface area contributed by atoms with Gasteiger partial charge in [-0.1, -0.05) is 47.3 Å². The molecule has 2 amide bonds. The van der Waals surface area contributed by atoms with Crippen LogP contribution in [-0.2, 0) is 26.2 Å². The Morgan fingerprint density at radius 3 is 2.36 bits per heavy atom. The van der Waals surface area contributed by atoms with Crippen molar-refractivity contribution in [2.75, 3.05) is 24.2 Å². The number of methoxy groups -OCH3 is 1. The minimum absolute atomic E-state index is 0.100. The molecule has 0 unspecified atom stereocenters. The summed E-state index contributed by atoms with van der Waals surface area (Å²) in [6.45, 7) is 1.42. The number of hydrogen-bond acceptors (Lipinski definition) is 5. The van der Waals surface area contributed by atoms with Crippen LogP contribution in [0.3, 0.4) is 0 Å². The smallest absolute Gasteiger partial charge is 0.244 e. The summed E-state index contributed by atoms with van der Waals surface area (Å²) in [6.07, 6.45) is 6.23. The van der Waals surface area contributed by atoms with E-state index in [1.807, 2.05) is 24.3 Å². The number of hydrogen-bond donors (Lipinski definition) is 1. The molecule has 10 heteroatoms. The molecule has 2 aromatic rings. The topological polar surface area (TPSA) is 96.0 Å². The molecule has 0 aliphatic heterocycles. The van der Waals surface area contributed by atoms with Crippen molar-refractivity contribution in [3.05, 3.63) is 58.6 Å². The molecule has 36 heavy (non-hydrogen) atoms. The zero-order valence-corrected chi connectivity index (χ0v) is 23.3. The Hall–Kier alpha value is -2.59. The summed E-state index contributed by atoms with van der Waals surface area (Å²) in [7, 11) is -2.26. The lowest BCUT2D eigenvalue weighted by Crippen LogP contribution is -2.52. The molecule has 1 fully saturated rings. The van der Waals surface area contributed by atoms with Crippen LogP contribution < -0.4 is 14.4 Å². The number of rotatable bonds is 10. The summed E-state index contributed by atoms with van der Waals surface area (Å²) >= 11 is 3.45. The number of carbonyl (C=O) groups is 2. The maximum absolute atomic E-state index is 13.6. The van der Waals surface area contributed by atoms with Crippen LogP contribution >= 0.6 is 15.9 Å². The summed E-state index contributed by atoms with van der Waals surface area (Å²) in [6, 6.07) is 13.3. The molecule has 8 nitrogen and oxygen atoms in total. The van der Waals surface area contributed by atoms with Gasteiger partial charge in [-0.05, 0) is 61.7 Å². The van der Waals surface area contributed by atoms with Gasteiger partial charge in [-0.25, -0.2) is 8.42 Å². The highest BCUT2D eigenvalue weighted by Gasteiger charge is 2.31. The van der Waals surface area contributed by atoms with Gasteiger partial charge < -0.3 is 15.0 Å². The molecule has 1 atom stereocenters. The summed E-state index contributed by atoms with van der Waals surface area (Å²) in [4.78, 5) is 28.3. The molecule has 0 radical (unpaired) electrons. The van der Waals surface area contributed by atoms with Gasteiger partial charge in [0, 0.05) is 17.1 Å². The SMILES string of the molecule is COc1ccc(N(CC(=O)N(Cc2cccc(Br)c2)[C@H](C)C(=O)NC2CCCCC2)S(C)(=O)=O)cc1. The molecular formula is C26H34BrN3O5S. The zero-order valence-electron chi connectivity index (χ0n) is 20.9. The second-order valence-corrected chi connectivity index (χ2v) is 12.0. The first kappa shape index (κ1) is 28.0. The maximum atomic E-state index is 13.6. The van der Waals surface area contributed by atoms with Crippen LogP contribution in [0.1, 0.15) is 44.6 Å². The Bertz CT molecular complexity index is 1150. The maximum Gasteiger partial charge on any atom is 0.244 e. The van der Waals surface area contributed by atoms with Crippen molar-refractivity contribution in [3.8, 4) is 5.75 Å². The van der Waals surface area contributed by atoms with Gasteiger partial charge in [0.1, 0.15) is 18.3 Å². The number of halogens is 1. The monoisotopic (exact) mass is 579 g/mol. The number of benzene rings is 2. The molecule has 0 saturated heterocycles. The lowest BCUT2D eigenvalue weighted by molar-refractivity contribution is -0.139. The van der Waals surface area contributed by atoms with Crippen LogP contribution in [0.2, 0.25) is 0 Å². The highest BCUT2D eigenvalue weighted by Crippen LogP contribution is 2.23. The van der Waals surface area contributed by atoms with Crippen LogP contribution in [0.5, 0.6) is 5.75 Å². The van der Waals surface area contributed by atoms with Crippen molar-refractivity contribution in [2.45, 2.75) is 57.7 Å². The van der Waals surface area contributed by atoms with Gasteiger partial charge in [0.2, 0.25) is 21.8 Å². The highest BCUT2D eigenvalue weighted by atomic mass is 79.9. The normalized spacial score (nSPS) is 15.1. The Morgan fingerprint density at radius 2 is 1.78 bits per heavy atom. The lowest BCUT2D eigenvalue weighted by Gasteiger charge is -2.33. The van der Waals surface area contributed by atoms with Gasteiger partial charge >= 0.3 is 0 Å². The third-order valence-corrected chi connectivity index (χ3v) is 8.03. The Morgan fingerprint density at radius 1 is 1.11 bits per heavy atom. The van der Waals surface area contributed by atoms with Gasteiger partial charge in [0.15, 0.2) is 0 Å². The average Bonchev–Trinajstić information content (AvgIpc) is 2.85. The van der Waals surface area contributed by atoms with E-state index in [9.17, 15) is 18.0 Å². The van der Waals surface area contributed by atoms with E-state index in [2.05, 4.69) is 21.2 Å². The number of ether oxygens (including phenoxy) is 1. The number of anilines is 1. The predicted octanol–water partition coefficient (Wildman–Crippen LogP) is 4.09. The summed E-state index contributed by atoms with van der Waals surface area (Å²) < 4.78 is 32.4. The van der Waals surface area contributed by atoms with E-state index in [0.29, 0.717) is 11.4 Å². The molecule has 1 saturated carbocycles. The molecular weight excluding hydrogens is 546 g/mol. The molecule has 0 heterocycles. The average molecular weight is 581 g/mol. The summed E-state index contributed by atoms with van der Waals surface area (Å²) in [5, 5.41) is 3.09. The van der Waals surface area contributed by atoms with Crippen LogP contribution in [0.4, 0.5) is 5.69 Å². The van der Waals surface area contributed by atoms with Crippen LogP contribution in [0, 0.1) is 0 Å². The van der Waals surface area contributed by atoms with E-state index in [1.54, 1.807) is 31.2 Å². The highest BCUT2D eigenvalue weighted by molar-refractivity contribution is 9.10. The van der Waals surface area contributed by atoms with Gasteiger partial charge in [0.05, 0.1) is 19.1 Å². The summed E-state index contributed by atoms with van der Waals surface area (Å²) in [5.41, 5.74) is 1.17. The van der Waals surface area contributed by atoms with E-state index < -0.39 is 28.5 Å². The van der Waals surface area contributed by atoms with Gasteiger partial charge in [-0.15, -0.1) is 0 Å². The van der Waals surface area contributed by atoms with E-state index in [0.717, 1.165) is 46.3 Å². The number of carbonyl (C=O) groups excluding carboxylic acids is 2. The predicted molar refractivity (Wildman–Crippen MR) is 144 cm³/mol.